The summed E-state index contributed by atoms with van der Waals surface area (Å²) in [5.41, 5.74) is 3.17. The van der Waals surface area contributed by atoms with E-state index in [0.717, 1.165) is 21.3 Å². The summed E-state index contributed by atoms with van der Waals surface area (Å²) in [6.07, 6.45) is 1.82. The van der Waals surface area contributed by atoms with Crippen LogP contribution >= 0.6 is 0 Å². The van der Waals surface area contributed by atoms with Gasteiger partial charge in [0.15, 0.2) is 0 Å². The maximum absolute atomic E-state index is 13.0. The Morgan fingerprint density at radius 2 is 1.70 bits per heavy atom. The molecule has 2 aromatic heterocycles. The maximum Gasteiger partial charge on any atom is 0.331 e. The number of carbonyl (C=O) groups is 1. The second-order valence-electron chi connectivity index (χ2n) is 7.37. The van der Waals surface area contributed by atoms with Gasteiger partial charge in [0.05, 0.1) is 5.52 Å². The van der Waals surface area contributed by atoms with Crippen LogP contribution in [-0.2, 0) is 25.4 Å². The number of nitrogens with one attached hydrogen (secondary N) is 1. The lowest BCUT2D eigenvalue weighted by Gasteiger charge is -2.12. The fourth-order valence-electron chi connectivity index (χ4n) is 3.70. The van der Waals surface area contributed by atoms with Crippen LogP contribution in [0.2, 0.25) is 0 Å². The summed E-state index contributed by atoms with van der Waals surface area (Å²) in [7, 11) is 3.19. The van der Waals surface area contributed by atoms with Gasteiger partial charge in [0.2, 0.25) is 5.91 Å². The number of aromatic nitrogens is 3. The normalized spacial score (nSPS) is 11.0. The average molecular weight is 402 g/mol. The molecule has 4 rings (SSSR count). The van der Waals surface area contributed by atoms with Crippen molar-refractivity contribution in [3.63, 3.8) is 0 Å². The van der Waals surface area contributed by atoms with E-state index in [2.05, 4.69) is 5.32 Å². The van der Waals surface area contributed by atoms with E-state index in [1.807, 2.05) is 61.7 Å². The lowest BCUT2D eigenvalue weighted by molar-refractivity contribution is -0.116. The summed E-state index contributed by atoms with van der Waals surface area (Å²) in [6.45, 7) is 1.73. The van der Waals surface area contributed by atoms with Crippen LogP contribution in [0.1, 0.15) is 5.56 Å². The van der Waals surface area contributed by atoms with Crippen molar-refractivity contribution >= 4 is 22.6 Å². The topological polar surface area (TPSA) is 78.0 Å². The van der Waals surface area contributed by atoms with Gasteiger partial charge in [0.1, 0.15) is 12.1 Å². The zero-order valence-corrected chi connectivity index (χ0v) is 17.0. The number of hydrogen-bond acceptors (Lipinski definition) is 3. The van der Waals surface area contributed by atoms with Gasteiger partial charge < -0.3 is 9.88 Å². The molecule has 0 radical (unpaired) electrons. The minimum Gasteiger partial charge on any atom is -0.344 e. The molecule has 2 heterocycles. The van der Waals surface area contributed by atoms with E-state index >= 15 is 0 Å². The quantitative estimate of drug-likeness (QED) is 0.570. The van der Waals surface area contributed by atoms with Crippen LogP contribution in [0.3, 0.4) is 0 Å². The molecule has 0 saturated heterocycles. The fraction of sp³-hybridized carbons (Fsp3) is 0.174. The highest BCUT2D eigenvalue weighted by molar-refractivity contribution is 5.95. The molecule has 0 bridgehead atoms. The number of rotatable bonds is 4. The van der Waals surface area contributed by atoms with E-state index in [-0.39, 0.29) is 12.5 Å². The van der Waals surface area contributed by atoms with Crippen molar-refractivity contribution in [2.24, 2.45) is 14.1 Å². The van der Waals surface area contributed by atoms with Crippen molar-refractivity contribution in [3.8, 4) is 11.1 Å². The molecule has 0 aliphatic heterocycles. The summed E-state index contributed by atoms with van der Waals surface area (Å²) < 4.78 is 4.11. The summed E-state index contributed by atoms with van der Waals surface area (Å²) in [6, 6.07) is 16.9. The molecule has 7 nitrogen and oxygen atoms in total. The molecule has 1 N–H and O–H groups in total. The first-order chi connectivity index (χ1) is 14.4. The first-order valence-corrected chi connectivity index (χ1v) is 9.57. The highest BCUT2D eigenvalue weighted by Crippen LogP contribution is 2.27. The molecule has 152 valence electrons. The molecular formula is C23H22N4O3. The first kappa shape index (κ1) is 19.4. The molecule has 2 aromatic carbocycles. The molecule has 0 fully saturated rings. The highest BCUT2D eigenvalue weighted by atomic mass is 16.2. The standard InChI is InChI=1S/C23H22N4O3/c1-15-8-7-11-17(12-15)24-19(28)14-27-20-18(16-9-5-4-6-10-16)13-25(2)21(20)22(29)26(3)23(27)30/h4-13H,14H2,1-3H3,(H,24,28). The molecule has 1 amide bonds. The third-order valence-corrected chi connectivity index (χ3v) is 5.14. The largest absolute Gasteiger partial charge is 0.344 e. The number of hydrogen-bond donors (Lipinski definition) is 1. The van der Waals surface area contributed by atoms with Gasteiger partial charge in [0.25, 0.3) is 5.56 Å². The summed E-state index contributed by atoms with van der Waals surface area (Å²) >= 11 is 0. The zero-order valence-electron chi connectivity index (χ0n) is 17.0. The van der Waals surface area contributed by atoms with E-state index in [1.54, 1.807) is 17.7 Å². The predicted molar refractivity (Wildman–Crippen MR) is 118 cm³/mol. The SMILES string of the molecule is Cc1cccc(NC(=O)Cn2c(=O)n(C)c(=O)c3c2c(-c2ccccc2)cn3C)c1. The Bertz CT molecular complexity index is 1380. The molecule has 0 unspecified atom stereocenters. The first-order valence-electron chi connectivity index (χ1n) is 9.57. The van der Waals surface area contributed by atoms with Crippen molar-refractivity contribution < 1.29 is 4.79 Å². The second-order valence-corrected chi connectivity index (χ2v) is 7.37. The minimum atomic E-state index is -0.532. The predicted octanol–water partition coefficient (Wildman–Crippen LogP) is 2.65. The molecule has 0 aliphatic carbocycles. The molecule has 30 heavy (non-hydrogen) atoms. The summed E-state index contributed by atoms with van der Waals surface area (Å²) in [5, 5.41) is 2.83. The van der Waals surface area contributed by atoms with E-state index < -0.39 is 11.2 Å². The van der Waals surface area contributed by atoms with Crippen molar-refractivity contribution in [2.45, 2.75) is 13.5 Å². The number of benzene rings is 2. The number of fused-ring (bicyclic) bond motifs is 1. The molecular weight excluding hydrogens is 380 g/mol. The second kappa shape index (κ2) is 7.51. The van der Waals surface area contributed by atoms with E-state index in [0.29, 0.717) is 16.7 Å². The van der Waals surface area contributed by atoms with Gasteiger partial charge in [0, 0.05) is 31.5 Å². The fourth-order valence-corrected chi connectivity index (χ4v) is 3.70. The van der Waals surface area contributed by atoms with Gasteiger partial charge in [-0.15, -0.1) is 0 Å². The summed E-state index contributed by atoms with van der Waals surface area (Å²) in [5.74, 6) is -0.342. The van der Waals surface area contributed by atoms with Crippen molar-refractivity contribution in [1.29, 1.82) is 0 Å². The van der Waals surface area contributed by atoms with Crippen LogP contribution in [0.4, 0.5) is 5.69 Å². The Kier molecular flexibility index (Phi) is 4.87. The Morgan fingerprint density at radius 3 is 2.40 bits per heavy atom. The van der Waals surface area contributed by atoms with Gasteiger partial charge in [-0.1, -0.05) is 42.5 Å². The van der Waals surface area contributed by atoms with Crippen LogP contribution in [0.25, 0.3) is 22.2 Å². The number of amides is 1. The van der Waals surface area contributed by atoms with Crippen LogP contribution in [-0.4, -0.2) is 19.6 Å². The van der Waals surface area contributed by atoms with Crippen LogP contribution in [0.15, 0.2) is 70.4 Å². The number of nitrogens with zero attached hydrogens (tertiary/aromatic N) is 3. The van der Waals surface area contributed by atoms with Crippen molar-refractivity contribution in [3.05, 3.63) is 87.2 Å². The Balaban J connectivity index is 1.87. The highest BCUT2D eigenvalue weighted by Gasteiger charge is 2.20. The van der Waals surface area contributed by atoms with Crippen molar-refractivity contribution in [2.75, 3.05) is 5.32 Å². The van der Waals surface area contributed by atoms with Gasteiger partial charge in [-0.25, -0.2) is 4.79 Å². The van der Waals surface area contributed by atoms with E-state index in [4.69, 9.17) is 0 Å². The van der Waals surface area contributed by atoms with E-state index in [1.165, 1.54) is 11.6 Å². The van der Waals surface area contributed by atoms with E-state index in [9.17, 15) is 14.4 Å². The maximum atomic E-state index is 13.0. The van der Waals surface area contributed by atoms with Crippen LogP contribution in [0.5, 0.6) is 0 Å². The molecule has 4 aromatic rings. The third-order valence-electron chi connectivity index (χ3n) is 5.14. The molecule has 7 heteroatoms. The molecule has 0 atom stereocenters. The van der Waals surface area contributed by atoms with Gasteiger partial charge >= 0.3 is 5.69 Å². The molecule has 0 saturated carbocycles. The van der Waals surface area contributed by atoms with Gasteiger partial charge in [-0.3, -0.25) is 18.7 Å². The zero-order chi connectivity index (χ0) is 21.4. The minimum absolute atomic E-state index is 0.207. The van der Waals surface area contributed by atoms with Crippen LogP contribution in [0, 0.1) is 6.92 Å². The molecule has 0 aliphatic rings. The smallest absolute Gasteiger partial charge is 0.331 e. The summed E-state index contributed by atoms with van der Waals surface area (Å²) in [4.78, 5) is 38.6. The molecule has 0 spiro atoms. The monoisotopic (exact) mass is 402 g/mol. The van der Waals surface area contributed by atoms with Gasteiger partial charge in [-0.2, -0.15) is 0 Å². The van der Waals surface area contributed by atoms with Gasteiger partial charge in [-0.05, 0) is 30.2 Å². The Morgan fingerprint density at radius 1 is 0.967 bits per heavy atom. The Hall–Kier alpha value is -3.87. The lowest BCUT2D eigenvalue weighted by Crippen LogP contribution is -2.40. The lowest BCUT2D eigenvalue weighted by atomic mass is 10.1. The average Bonchev–Trinajstić information content (AvgIpc) is 3.07. The number of anilines is 1. The number of aryl methyl sites for hydroxylation is 2. The van der Waals surface area contributed by atoms with Crippen LogP contribution < -0.4 is 16.6 Å². The van der Waals surface area contributed by atoms with Crippen molar-refractivity contribution in [1.82, 2.24) is 13.7 Å². The third kappa shape index (κ3) is 3.34. The Labute approximate surface area is 172 Å². The number of carbonyl (C=O) groups excluding carboxylic acids is 1.